The van der Waals surface area contributed by atoms with E-state index in [0.29, 0.717) is 11.0 Å². The third-order valence-corrected chi connectivity index (χ3v) is 2.99. The molecule has 1 aliphatic rings. The number of anilines is 1. The van der Waals surface area contributed by atoms with E-state index >= 15 is 0 Å². The van der Waals surface area contributed by atoms with Crippen LogP contribution in [0.5, 0.6) is 11.5 Å². The van der Waals surface area contributed by atoms with E-state index in [1.165, 1.54) is 24.3 Å². The molecule has 0 saturated heterocycles. The molecule has 2 aromatic rings. The number of hydrogen-bond donors (Lipinski definition) is 4. The number of carbonyl (C=O) groups is 1. The molecule has 124 valence electrons. The van der Waals surface area contributed by atoms with Gasteiger partial charge in [0.1, 0.15) is 5.84 Å². The normalized spacial score (nSPS) is 14.9. The van der Waals surface area contributed by atoms with Gasteiger partial charge in [-0.25, -0.2) is 4.98 Å². The number of amides is 1. The quantitative estimate of drug-likeness (QED) is 0.294. The van der Waals surface area contributed by atoms with Crippen molar-refractivity contribution in [2.75, 3.05) is 5.32 Å². The minimum absolute atomic E-state index is 0.0551. The standard InChI is InChI=1S/C14H11F2N5O3/c1-6(2-3-11(17)18)12(22)21-13-19-7-4-9-10(5-8(7)20-13)24-14(15,16)23-9/h2-5H,1H2,(H3,17,18)(H2,19,20,21,22)/b3-2-. The van der Waals surface area contributed by atoms with Gasteiger partial charge in [0.05, 0.1) is 11.0 Å². The monoisotopic (exact) mass is 335 g/mol. The average Bonchev–Trinajstić information content (AvgIpc) is 2.98. The van der Waals surface area contributed by atoms with Crippen molar-refractivity contribution in [3.05, 3.63) is 36.4 Å². The Kier molecular flexibility index (Phi) is 3.44. The molecule has 0 radical (unpaired) electrons. The molecular formula is C14H11F2N5O3. The topological polar surface area (TPSA) is 126 Å². The van der Waals surface area contributed by atoms with Gasteiger partial charge < -0.3 is 20.2 Å². The molecule has 0 bridgehead atoms. The van der Waals surface area contributed by atoms with Gasteiger partial charge in [-0.2, -0.15) is 0 Å². The number of nitrogens with two attached hydrogens (primary N) is 1. The number of hydrogen-bond acceptors (Lipinski definition) is 5. The molecule has 8 nitrogen and oxygen atoms in total. The first-order valence-electron chi connectivity index (χ1n) is 6.55. The van der Waals surface area contributed by atoms with Gasteiger partial charge in [0.25, 0.3) is 5.91 Å². The summed E-state index contributed by atoms with van der Waals surface area (Å²) in [7, 11) is 0. The van der Waals surface area contributed by atoms with E-state index in [0.717, 1.165) is 0 Å². The van der Waals surface area contributed by atoms with E-state index in [2.05, 4.69) is 31.3 Å². The summed E-state index contributed by atoms with van der Waals surface area (Å²) in [5, 5.41) is 9.49. The number of halogens is 2. The number of nitrogens with zero attached hydrogens (tertiary/aromatic N) is 1. The van der Waals surface area contributed by atoms with E-state index in [9.17, 15) is 13.6 Å². The van der Waals surface area contributed by atoms with Gasteiger partial charge in [0.15, 0.2) is 11.5 Å². The number of aromatic amines is 1. The number of benzene rings is 1. The number of alkyl halides is 2. The van der Waals surface area contributed by atoms with Crippen molar-refractivity contribution in [1.29, 1.82) is 5.41 Å². The second-order valence-corrected chi connectivity index (χ2v) is 4.84. The van der Waals surface area contributed by atoms with Crippen LogP contribution in [0, 0.1) is 5.41 Å². The number of rotatable bonds is 4. The van der Waals surface area contributed by atoms with Crippen molar-refractivity contribution in [2.45, 2.75) is 6.29 Å². The van der Waals surface area contributed by atoms with E-state index < -0.39 is 12.2 Å². The molecule has 0 atom stereocenters. The summed E-state index contributed by atoms with van der Waals surface area (Å²) in [6.45, 7) is 3.53. The lowest BCUT2D eigenvalue weighted by Crippen LogP contribution is -2.25. The first-order chi connectivity index (χ1) is 11.2. The van der Waals surface area contributed by atoms with Gasteiger partial charge in [-0.15, -0.1) is 8.78 Å². The number of amidine groups is 1. The van der Waals surface area contributed by atoms with Gasteiger partial charge in [-0.1, -0.05) is 6.58 Å². The summed E-state index contributed by atoms with van der Waals surface area (Å²) >= 11 is 0. The van der Waals surface area contributed by atoms with Crippen LogP contribution in [0.1, 0.15) is 0 Å². The fourth-order valence-corrected chi connectivity index (χ4v) is 1.97. The van der Waals surface area contributed by atoms with Gasteiger partial charge in [-0.3, -0.25) is 15.5 Å². The summed E-state index contributed by atoms with van der Waals surface area (Å²) in [5.74, 6) is -0.992. The Bertz CT molecular complexity index is 858. The highest BCUT2D eigenvalue weighted by Crippen LogP contribution is 2.42. The van der Waals surface area contributed by atoms with Crippen LogP contribution >= 0.6 is 0 Å². The Morgan fingerprint density at radius 2 is 2.04 bits per heavy atom. The van der Waals surface area contributed by atoms with Gasteiger partial charge in [-0.05, 0) is 12.2 Å². The number of nitrogens with one attached hydrogen (secondary N) is 3. The van der Waals surface area contributed by atoms with Crippen molar-refractivity contribution in [1.82, 2.24) is 9.97 Å². The van der Waals surface area contributed by atoms with Crippen LogP contribution in [0.15, 0.2) is 36.4 Å². The molecule has 24 heavy (non-hydrogen) atoms. The molecule has 1 aromatic carbocycles. The Labute approximate surface area is 133 Å². The summed E-state index contributed by atoms with van der Waals surface area (Å²) in [6, 6.07) is 2.56. The van der Waals surface area contributed by atoms with Crippen LogP contribution in [0.3, 0.4) is 0 Å². The number of imidazole rings is 1. The average molecular weight is 335 g/mol. The van der Waals surface area contributed by atoms with Gasteiger partial charge >= 0.3 is 6.29 Å². The maximum atomic E-state index is 13.0. The largest absolute Gasteiger partial charge is 0.586 e. The molecule has 10 heteroatoms. The zero-order valence-corrected chi connectivity index (χ0v) is 12.0. The SMILES string of the molecule is C=C(/C=C\C(=N)N)C(=O)Nc1nc2cc3c(cc2[nH]1)OC(F)(F)O3. The summed E-state index contributed by atoms with van der Waals surface area (Å²) in [4.78, 5) is 18.7. The van der Waals surface area contributed by atoms with E-state index in [1.807, 2.05) is 0 Å². The minimum atomic E-state index is -3.71. The van der Waals surface area contributed by atoms with Gasteiger partial charge in [0.2, 0.25) is 5.95 Å². The molecule has 2 heterocycles. The lowest BCUT2D eigenvalue weighted by Gasteiger charge is -2.04. The first kappa shape index (κ1) is 15.5. The molecule has 1 amide bonds. The molecule has 0 aliphatic carbocycles. The molecule has 5 N–H and O–H groups in total. The molecule has 1 aromatic heterocycles. The highest BCUT2D eigenvalue weighted by atomic mass is 19.3. The van der Waals surface area contributed by atoms with Crippen LogP contribution in [0.2, 0.25) is 0 Å². The molecule has 1 aliphatic heterocycles. The predicted octanol–water partition coefficient (Wildman–Crippen LogP) is 1.87. The molecule has 3 rings (SSSR count). The maximum Gasteiger partial charge on any atom is 0.586 e. The number of fused-ring (bicyclic) bond motifs is 2. The molecule has 0 saturated carbocycles. The Hall–Kier alpha value is -3.43. The number of H-pyrrole nitrogens is 1. The van der Waals surface area contributed by atoms with Crippen molar-refractivity contribution in [3.63, 3.8) is 0 Å². The Balaban J connectivity index is 1.79. The smallest absolute Gasteiger partial charge is 0.395 e. The van der Waals surface area contributed by atoms with Crippen LogP contribution < -0.4 is 20.5 Å². The summed E-state index contributed by atoms with van der Waals surface area (Å²) in [6.07, 6.45) is -1.22. The second-order valence-electron chi connectivity index (χ2n) is 4.84. The van der Waals surface area contributed by atoms with Crippen molar-refractivity contribution in [3.8, 4) is 11.5 Å². The van der Waals surface area contributed by atoms with Crippen molar-refractivity contribution in [2.24, 2.45) is 5.73 Å². The third kappa shape index (κ3) is 3.02. The van der Waals surface area contributed by atoms with Crippen LogP contribution in [0.25, 0.3) is 11.0 Å². The number of ether oxygens (including phenoxy) is 2. The third-order valence-electron chi connectivity index (χ3n) is 2.99. The van der Waals surface area contributed by atoms with Crippen LogP contribution in [-0.2, 0) is 4.79 Å². The lowest BCUT2D eigenvalue weighted by atomic mass is 10.2. The highest BCUT2D eigenvalue weighted by Gasteiger charge is 2.43. The number of carbonyl (C=O) groups excluding carboxylic acids is 1. The summed E-state index contributed by atoms with van der Waals surface area (Å²) in [5.41, 5.74) is 5.87. The fraction of sp³-hybridized carbons (Fsp3) is 0.0714. The van der Waals surface area contributed by atoms with Crippen LogP contribution in [0.4, 0.5) is 14.7 Å². The predicted molar refractivity (Wildman–Crippen MR) is 81.1 cm³/mol. The Morgan fingerprint density at radius 1 is 1.38 bits per heavy atom. The highest BCUT2D eigenvalue weighted by molar-refractivity contribution is 6.06. The van der Waals surface area contributed by atoms with Crippen molar-refractivity contribution < 1.29 is 23.0 Å². The zero-order chi connectivity index (χ0) is 17.5. The second kappa shape index (κ2) is 5.33. The Morgan fingerprint density at radius 3 is 2.71 bits per heavy atom. The fourth-order valence-electron chi connectivity index (χ4n) is 1.97. The molecular weight excluding hydrogens is 324 g/mol. The molecule has 0 spiro atoms. The van der Waals surface area contributed by atoms with Crippen LogP contribution in [-0.4, -0.2) is 28.0 Å². The molecule has 0 unspecified atom stereocenters. The lowest BCUT2D eigenvalue weighted by molar-refractivity contribution is -0.286. The number of aromatic nitrogens is 2. The first-order valence-corrected chi connectivity index (χ1v) is 6.55. The zero-order valence-electron chi connectivity index (χ0n) is 12.0. The maximum absolute atomic E-state index is 13.0. The molecule has 0 fully saturated rings. The van der Waals surface area contributed by atoms with E-state index in [-0.39, 0.29) is 28.9 Å². The van der Waals surface area contributed by atoms with E-state index in [1.54, 1.807) is 0 Å². The van der Waals surface area contributed by atoms with Gasteiger partial charge in [0, 0.05) is 17.7 Å². The summed E-state index contributed by atoms with van der Waals surface area (Å²) < 4.78 is 34.7. The van der Waals surface area contributed by atoms with E-state index in [4.69, 9.17) is 11.1 Å². The van der Waals surface area contributed by atoms with Crippen molar-refractivity contribution >= 4 is 28.7 Å². The minimum Gasteiger partial charge on any atom is -0.395 e.